The molecule has 0 fully saturated rings. The van der Waals surface area contributed by atoms with Crippen LogP contribution in [0.25, 0.3) is 0 Å². The number of nitrogens with zero attached hydrogens (tertiary/aromatic N) is 2. The van der Waals surface area contributed by atoms with E-state index in [1.54, 1.807) is 11.3 Å². The fraction of sp³-hybridized carbons (Fsp3) is 0.231. The van der Waals surface area contributed by atoms with Gasteiger partial charge >= 0.3 is 0 Å². The topological polar surface area (TPSA) is 45.2 Å². The third kappa shape index (κ3) is 1.67. The van der Waals surface area contributed by atoms with Gasteiger partial charge in [0, 0.05) is 12.4 Å². The van der Waals surface area contributed by atoms with Crippen molar-refractivity contribution >= 4 is 22.9 Å². The Balaban J connectivity index is 2.04. The zero-order valence-electron chi connectivity index (χ0n) is 10.2. The number of amides is 1. The SMILES string of the molecule is Cc1nc(C2NC(=O)c3ccccc3N2C)cs1. The predicted molar refractivity (Wildman–Crippen MR) is 71.9 cm³/mol. The summed E-state index contributed by atoms with van der Waals surface area (Å²) in [5.74, 6) is -0.0423. The predicted octanol–water partition coefficient (Wildman–Crippen LogP) is 2.33. The van der Waals surface area contributed by atoms with Gasteiger partial charge in [-0.25, -0.2) is 4.98 Å². The Bertz CT molecular complexity index is 608. The fourth-order valence-electron chi connectivity index (χ4n) is 2.19. The minimum Gasteiger partial charge on any atom is -0.349 e. The van der Waals surface area contributed by atoms with Crippen LogP contribution in [-0.4, -0.2) is 17.9 Å². The number of hydrogen-bond acceptors (Lipinski definition) is 4. The number of nitrogens with one attached hydrogen (secondary N) is 1. The first-order valence-corrected chi connectivity index (χ1v) is 6.59. The number of carbonyl (C=O) groups excluding carboxylic acids is 1. The number of aryl methyl sites for hydroxylation is 1. The summed E-state index contributed by atoms with van der Waals surface area (Å²) in [6.45, 7) is 1.97. The standard InChI is InChI=1S/C13H13N3OS/c1-8-14-10(7-18-8)12-15-13(17)9-5-3-4-6-11(9)16(12)2/h3-7,12H,1-2H3,(H,15,17). The number of rotatable bonds is 1. The normalized spacial score (nSPS) is 18.4. The monoisotopic (exact) mass is 259 g/mol. The highest BCUT2D eigenvalue weighted by Gasteiger charge is 2.30. The smallest absolute Gasteiger partial charge is 0.255 e. The maximum atomic E-state index is 12.1. The van der Waals surface area contributed by atoms with Gasteiger partial charge in [-0.3, -0.25) is 4.79 Å². The van der Waals surface area contributed by atoms with Crippen LogP contribution in [0, 0.1) is 6.92 Å². The summed E-state index contributed by atoms with van der Waals surface area (Å²) in [4.78, 5) is 18.6. The molecule has 1 amide bonds. The van der Waals surface area contributed by atoms with Crippen LogP contribution in [0.3, 0.4) is 0 Å². The van der Waals surface area contributed by atoms with Crippen molar-refractivity contribution in [3.63, 3.8) is 0 Å². The minimum absolute atomic E-state index is 0.0423. The molecule has 5 heteroatoms. The van der Waals surface area contributed by atoms with E-state index in [0.717, 1.165) is 16.4 Å². The first-order valence-electron chi connectivity index (χ1n) is 5.71. The van der Waals surface area contributed by atoms with E-state index in [9.17, 15) is 4.79 Å². The van der Waals surface area contributed by atoms with Crippen molar-refractivity contribution in [3.05, 3.63) is 45.9 Å². The summed E-state index contributed by atoms with van der Waals surface area (Å²) in [5.41, 5.74) is 2.54. The lowest BCUT2D eigenvalue weighted by Gasteiger charge is -2.35. The van der Waals surface area contributed by atoms with Gasteiger partial charge in [0.25, 0.3) is 5.91 Å². The molecule has 2 heterocycles. The number of carbonyl (C=O) groups is 1. The maximum Gasteiger partial charge on any atom is 0.255 e. The maximum absolute atomic E-state index is 12.1. The van der Waals surface area contributed by atoms with Crippen molar-refractivity contribution < 1.29 is 4.79 Å². The van der Waals surface area contributed by atoms with Crippen LogP contribution in [0.1, 0.15) is 27.2 Å². The summed E-state index contributed by atoms with van der Waals surface area (Å²) < 4.78 is 0. The van der Waals surface area contributed by atoms with E-state index in [2.05, 4.69) is 10.3 Å². The van der Waals surface area contributed by atoms with Crippen LogP contribution in [0.15, 0.2) is 29.6 Å². The molecule has 1 atom stereocenters. The Morgan fingerprint density at radius 1 is 1.39 bits per heavy atom. The van der Waals surface area contributed by atoms with Crippen molar-refractivity contribution in [3.8, 4) is 0 Å². The molecule has 4 nitrogen and oxygen atoms in total. The van der Waals surface area contributed by atoms with Gasteiger partial charge in [-0.15, -0.1) is 11.3 Å². The average Bonchev–Trinajstić information content (AvgIpc) is 2.80. The van der Waals surface area contributed by atoms with E-state index >= 15 is 0 Å². The molecule has 3 rings (SSSR count). The van der Waals surface area contributed by atoms with E-state index in [4.69, 9.17) is 0 Å². The molecule has 92 valence electrons. The van der Waals surface area contributed by atoms with Gasteiger partial charge < -0.3 is 10.2 Å². The quantitative estimate of drug-likeness (QED) is 0.855. The lowest BCUT2D eigenvalue weighted by Crippen LogP contribution is -2.44. The number of benzene rings is 1. The summed E-state index contributed by atoms with van der Waals surface area (Å²) in [6.07, 6.45) is -0.183. The Hall–Kier alpha value is -1.88. The molecular weight excluding hydrogens is 246 g/mol. The largest absolute Gasteiger partial charge is 0.349 e. The third-order valence-corrected chi connectivity index (χ3v) is 3.89. The average molecular weight is 259 g/mol. The molecule has 0 radical (unpaired) electrons. The van der Waals surface area contributed by atoms with Gasteiger partial charge in [0.15, 0.2) is 0 Å². The molecule has 1 aliphatic heterocycles. The Labute approximate surface area is 109 Å². The van der Waals surface area contributed by atoms with Crippen LogP contribution in [0.4, 0.5) is 5.69 Å². The van der Waals surface area contributed by atoms with Crippen LogP contribution in [-0.2, 0) is 0 Å². The van der Waals surface area contributed by atoms with Gasteiger partial charge in [0.2, 0.25) is 0 Å². The summed E-state index contributed by atoms with van der Waals surface area (Å²) in [5, 5.41) is 5.98. The van der Waals surface area contributed by atoms with Crippen molar-refractivity contribution in [1.29, 1.82) is 0 Å². The van der Waals surface area contributed by atoms with E-state index in [-0.39, 0.29) is 12.1 Å². The number of thiazole rings is 1. The second-order valence-corrected chi connectivity index (χ2v) is 5.36. The van der Waals surface area contributed by atoms with Crippen LogP contribution in [0.2, 0.25) is 0 Å². The zero-order valence-corrected chi connectivity index (χ0v) is 11.0. The van der Waals surface area contributed by atoms with E-state index in [1.165, 1.54) is 0 Å². The Morgan fingerprint density at radius 2 is 2.17 bits per heavy atom. The third-order valence-electron chi connectivity index (χ3n) is 3.10. The van der Waals surface area contributed by atoms with Gasteiger partial charge in [0.1, 0.15) is 6.17 Å². The lowest BCUT2D eigenvalue weighted by molar-refractivity contribution is 0.0927. The van der Waals surface area contributed by atoms with Crippen molar-refractivity contribution in [2.75, 3.05) is 11.9 Å². The first kappa shape index (κ1) is 11.2. The molecule has 1 aromatic heterocycles. The highest BCUT2D eigenvalue weighted by Crippen LogP contribution is 2.31. The van der Waals surface area contributed by atoms with Crippen LogP contribution >= 0.6 is 11.3 Å². The summed E-state index contributed by atoms with van der Waals surface area (Å²) in [7, 11) is 1.97. The highest BCUT2D eigenvalue weighted by molar-refractivity contribution is 7.09. The van der Waals surface area contributed by atoms with Gasteiger partial charge in [-0.1, -0.05) is 12.1 Å². The van der Waals surface area contributed by atoms with Gasteiger partial charge in [-0.2, -0.15) is 0 Å². The molecule has 0 spiro atoms. The molecule has 0 saturated carbocycles. The molecule has 1 aromatic carbocycles. The molecule has 1 unspecified atom stereocenters. The first-order chi connectivity index (χ1) is 8.66. The van der Waals surface area contributed by atoms with E-state index in [1.807, 2.05) is 48.5 Å². The second-order valence-electron chi connectivity index (χ2n) is 4.30. The molecule has 18 heavy (non-hydrogen) atoms. The van der Waals surface area contributed by atoms with Gasteiger partial charge in [-0.05, 0) is 19.1 Å². The number of para-hydroxylation sites is 1. The van der Waals surface area contributed by atoms with Crippen molar-refractivity contribution in [2.24, 2.45) is 0 Å². The Kier molecular flexibility index (Phi) is 2.56. The number of hydrogen-bond donors (Lipinski definition) is 1. The van der Waals surface area contributed by atoms with Crippen molar-refractivity contribution in [1.82, 2.24) is 10.3 Å². The number of fused-ring (bicyclic) bond motifs is 1. The molecule has 1 aliphatic rings. The molecule has 0 aliphatic carbocycles. The molecular formula is C13H13N3OS. The molecule has 0 saturated heterocycles. The molecule has 1 N–H and O–H groups in total. The van der Waals surface area contributed by atoms with E-state index < -0.39 is 0 Å². The highest BCUT2D eigenvalue weighted by atomic mass is 32.1. The molecule has 0 bridgehead atoms. The number of aromatic nitrogens is 1. The zero-order chi connectivity index (χ0) is 12.7. The van der Waals surface area contributed by atoms with E-state index in [0.29, 0.717) is 5.56 Å². The molecule has 2 aromatic rings. The fourth-order valence-corrected chi connectivity index (χ4v) is 2.82. The van der Waals surface area contributed by atoms with Crippen LogP contribution < -0.4 is 10.2 Å². The Morgan fingerprint density at radius 3 is 2.89 bits per heavy atom. The summed E-state index contributed by atoms with van der Waals surface area (Å²) >= 11 is 1.59. The minimum atomic E-state index is -0.183. The van der Waals surface area contributed by atoms with Crippen LogP contribution in [0.5, 0.6) is 0 Å². The number of anilines is 1. The van der Waals surface area contributed by atoms with Crippen molar-refractivity contribution in [2.45, 2.75) is 13.1 Å². The van der Waals surface area contributed by atoms with Gasteiger partial charge in [0.05, 0.1) is 22.0 Å². The lowest BCUT2D eigenvalue weighted by atomic mass is 10.1. The summed E-state index contributed by atoms with van der Waals surface area (Å²) in [6, 6.07) is 7.61. The second kappa shape index (κ2) is 4.10.